The lowest BCUT2D eigenvalue weighted by Gasteiger charge is -2.24. The average molecular weight is 344 g/mol. The SMILES string of the molecule is O=C(c1cc2cc(Cl)ccc2o1)N1CCCC1c1ccc(F)cc1. The van der Waals surface area contributed by atoms with E-state index in [1.807, 2.05) is 0 Å². The minimum atomic E-state index is -0.274. The van der Waals surface area contributed by atoms with Crippen LogP contribution in [0.5, 0.6) is 0 Å². The molecule has 1 fully saturated rings. The standard InChI is InChI=1S/C19H15ClFNO2/c20-14-5-8-17-13(10-14)11-18(24-17)19(23)22-9-1-2-16(22)12-3-6-15(21)7-4-12/h3-8,10-11,16H,1-2,9H2. The summed E-state index contributed by atoms with van der Waals surface area (Å²) < 4.78 is 18.8. The van der Waals surface area contributed by atoms with Crippen LogP contribution in [-0.2, 0) is 0 Å². The summed E-state index contributed by atoms with van der Waals surface area (Å²) in [6.07, 6.45) is 1.78. The van der Waals surface area contributed by atoms with Crippen molar-refractivity contribution >= 4 is 28.5 Å². The molecule has 2 heterocycles. The lowest BCUT2D eigenvalue weighted by molar-refractivity contribution is 0.0705. The Kier molecular flexibility index (Phi) is 3.77. The van der Waals surface area contributed by atoms with Crippen LogP contribution in [0.3, 0.4) is 0 Å². The number of likely N-dealkylation sites (tertiary alicyclic amines) is 1. The molecule has 1 atom stereocenters. The van der Waals surface area contributed by atoms with Crippen LogP contribution in [-0.4, -0.2) is 17.4 Å². The summed E-state index contributed by atoms with van der Waals surface area (Å²) >= 11 is 5.98. The number of fused-ring (bicyclic) bond motifs is 1. The van der Waals surface area contributed by atoms with Crippen molar-refractivity contribution in [3.8, 4) is 0 Å². The molecule has 1 aromatic heterocycles. The van der Waals surface area contributed by atoms with Crippen LogP contribution >= 0.6 is 11.6 Å². The Hall–Kier alpha value is -2.33. The van der Waals surface area contributed by atoms with Crippen molar-refractivity contribution in [3.05, 3.63) is 70.7 Å². The highest BCUT2D eigenvalue weighted by Crippen LogP contribution is 2.34. The predicted octanol–water partition coefficient (Wildman–Crippen LogP) is 5.20. The van der Waals surface area contributed by atoms with Gasteiger partial charge in [-0.3, -0.25) is 4.79 Å². The zero-order chi connectivity index (χ0) is 16.7. The van der Waals surface area contributed by atoms with Gasteiger partial charge in [-0.05, 0) is 54.8 Å². The Labute approximate surface area is 143 Å². The third-order valence-corrected chi connectivity index (χ3v) is 4.69. The predicted molar refractivity (Wildman–Crippen MR) is 90.6 cm³/mol. The normalized spacial score (nSPS) is 17.6. The highest BCUT2D eigenvalue weighted by Gasteiger charge is 2.32. The molecule has 0 aliphatic carbocycles. The largest absolute Gasteiger partial charge is 0.451 e. The van der Waals surface area contributed by atoms with Gasteiger partial charge in [-0.2, -0.15) is 0 Å². The molecule has 4 rings (SSSR count). The topological polar surface area (TPSA) is 33.5 Å². The highest BCUT2D eigenvalue weighted by molar-refractivity contribution is 6.31. The second-order valence-electron chi connectivity index (χ2n) is 6.00. The molecule has 1 amide bonds. The van der Waals surface area contributed by atoms with Crippen molar-refractivity contribution < 1.29 is 13.6 Å². The number of halogens is 2. The fourth-order valence-electron chi connectivity index (χ4n) is 3.30. The maximum Gasteiger partial charge on any atom is 0.290 e. The van der Waals surface area contributed by atoms with Gasteiger partial charge in [-0.1, -0.05) is 23.7 Å². The van der Waals surface area contributed by atoms with E-state index in [-0.39, 0.29) is 17.8 Å². The summed E-state index contributed by atoms with van der Waals surface area (Å²) in [5, 5.41) is 1.41. The number of nitrogens with zero attached hydrogens (tertiary/aromatic N) is 1. The van der Waals surface area contributed by atoms with Gasteiger partial charge in [-0.25, -0.2) is 4.39 Å². The number of rotatable bonds is 2. The highest BCUT2D eigenvalue weighted by atomic mass is 35.5. The average Bonchev–Trinajstić information content (AvgIpc) is 3.21. The molecule has 1 aliphatic rings. The van der Waals surface area contributed by atoms with Gasteiger partial charge in [-0.15, -0.1) is 0 Å². The van der Waals surface area contributed by atoms with E-state index in [0.717, 1.165) is 23.8 Å². The number of benzene rings is 2. The minimum absolute atomic E-state index is 0.0464. The number of furan rings is 1. The van der Waals surface area contributed by atoms with E-state index >= 15 is 0 Å². The van der Waals surface area contributed by atoms with Crippen molar-refractivity contribution in [2.24, 2.45) is 0 Å². The van der Waals surface area contributed by atoms with Crippen LogP contribution < -0.4 is 0 Å². The quantitative estimate of drug-likeness (QED) is 0.640. The number of carbonyl (C=O) groups excluding carboxylic acids is 1. The Morgan fingerprint density at radius 1 is 1.17 bits per heavy atom. The molecule has 3 aromatic rings. The Bertz CT molecular complexity index is 903. The molecule has 2 aromatic carbocycles. The van der Waals surface area contributed by atoms with Crippen molar-refractivity contribution in [3.63, 3.8) is 0 Å². The molecule has 0 bridgehead atoms. The summed E-state index contributed by atoms with van der Waals surface area (Å²) in [6, 6.07) is 13.3. The zero-order valence-corrected chi connectivity index (χ0v) is 13.6. The second kappa shape index (κ2) is 5.95. The second-order valence-corrected chi connectivity index (χ2v) is 6.44. The van der Waals surface area contributed by atoms with E-state index < -0.39 is 0 Å². The van der Waals surface area contributed by atoms with Crippen LogP contribution in [0.2, 0.25) is 5.02 Å². The third kappa shape index (κ3) is 2.67. The molecular formula is C19H15ClFNO2. The van der Waals surface area contributed by atoms with E-state index in [4.69, 9.17) is 16.0 Å². The van der Waals surface area contributed by atoms with Gasteiger partial charge < -0.3 is 9.32 Å². The third-order valence-electron chi connectivity index (χ3n) is 4.46. The molecule has 1 unspecified atom stereocenters. The molecule has 122 valence electrons. The van der Waals surface area contributed by atoms with Crippen molar-refractivity contribution in [2.45, 2.75) is 18.9 Å². The van der Waals surface area contributed by atoms with Gasteiger partial charge in [0, 0.05) is 17.0 Å². The number of hydrogen-bond donors (Lipinski definition) is 0. The van der Waals surface area contributed by atoms with E-state index in [0.29, 0.717) is 22.9 Å². The molecule has 0 N–H and O–H groups in total. The number of hydrogen-bond acceptors (Lipinski definition) is 2. The molecule has 0 spiro atoms. The smallest absolute Gasteiger partial charge is 0.290 e. The van der Waals surface area contributed by atoms with Gasteiger partial charge in [0.25, 0.3) is 5.91 Å². The number of amides is 1. The van der Waals surface area contributed by atoms with Gasteiger partial charge in [0.05, 0.1) is 6.04 Å². The maximum atomic E-state index is 13.1. The van der Waals surface area contributed by atoms with Gasteiger partial charge in [0.2, 0.25) is 0 Å². The molecule has 24 heavy (non-hydrogen) atoms. The first-order valence-corrected chi connectivity index (χ1v) is 8.25. The zero-order valence-electron chi connectivity index (χ0n) is 12.8. The Balaban J connectivity index is 1.65. The molecule has 5 heteroatoms. The first kappa shape index (κ1) is 15.2. The molecular weight excluding hydrogens is 329 g/mol. The van der Waals surface area contributed by atoms with Crippen molar-refractivity contribution in [1.29, 1.82) is 0 Å². The summed E-state index contributed by atoms with van der Waals surface area (Å²) in [4.78, 5) is 14.7. The van der Waals surface area contributed by atoms with Crippen LogP contribution in [0.4, 0.5) is 4.39 Å². The maximum absolute atomic E-state index is 13.1. The van der Waals surface area contributed by atoms with Gasteiger partial charge in [0.1, 0.15) is 11.4 Å². The summed E-state index contributed by atoms with van der Waals surface area (Å²) in [5.41, 5.74) is 1.58. The lowest BCUT2D eigenvalue weighted by atomic mass is 10.0. The van der Waals surface area contributed by atoms with E-state index in [2.05, 4.69) is 0 Å². The Morgan fingerprint density at radius 3 is 2.75 bits per heavy atom. The van der Waals surface area contributed by atoms with Crippen LogP contribution in [0.25, 0.3) is 11.0 Å². The van der Waals surface area contributed by atoms with Gasteiger partial charge >= 0.3 is 0 Å². The monoisotopic (exact) mass is 343 g/mol. The van der Waals surface area contributed by atoms with E-state index in [1.165, 1.54) is 12.1 Å². The van der Waals surface area contributed by atoms with Crippen LogP contribution in [0, 0.1) is 5.82 Å². The molecule has 1 saturated heterocycles. The first-order valence-electron chi connectivity index (χ1n) is 7.87. The Morgan fingerprint density at radius 2 is 1.96 bits per heavy atom. The van der Waals surface area contributed by atoms with Crippen LogP contribution in [0.1, 0.15) is 35.0 Å². The lowest BCUT2D eigenvalue weighted by Crippen LogP contribution is -2.30. The molecule has 3 nitrogen and oxygen atoms in total. The fourth-order valence-corrected chi connectivity index (χ4v) is 3.48. The van der Waals surface area contributed by atoms with Crippen molar-refractivity contribution in [1.82, 2.24) is 4.90 Å². The summed E-state index contributed by atoms with van der Waals surface area (Å²) in [7, 11) is 0. The molecule has 0 radical (unpaired) electrons. The van der Waals surface area contributed by atoms with Gasteiger partial charge in [0.15, 0.2) is 5.76 Å². The minimum Gasteiger partial charge on any atom is -0.451 e. The summed E-state index contributed by atoms with van der Waals surface area (Å²) in [6.45, 7) is 0.665. The van der Waals surface area contributed by atoms with Crippen LogP contribution in [0.15, 0.2) is 52.9 Å². The van der Waals surface area contributed by atoms with E-state index in [1.54, 1.807) is 41.3 Å². The molecule has 1 aliphatic heterocycles. The first-order chi connectivity index (χ1) is 11.6. The summed E-state index contributed by atoms with van der Waals surface area (Å²) in [5.74, 6) is -0.112. The van der Waals surface area contributed by atoms with E-state index in [9.17, 15) is 9.18 Å². The van der Waals surface area contributed by atoms with Crippen molar-refractivity contribution in [2.75, 3.05) is 6.54 Å². The molecule has 0 saturated carbocycles. The fraction of sp³-hybridized carbons (Fsp3) is 0.211. The number of carbonyl (C=O) groups is 1.